The van der Waals surface area contributed by atoms with Gasteiger partial charge in [0.05, 0.1) is 22.8 Å². The van der Waals surface area contributed by atoms with Crippen molar-refractivity contribution in [1.82, 2.24) is 8.87 Å². The topological polar surface area (TPSA) is 90.2 Å². The molecule has 4 rings (SSSR count). The summed E-state index contributed by atoms with van der Waals surface area (Å²) >= 11 is 1.41. The van der Waals surface area contributed by atoms with Crippen LogP contribution in [-0.2, 0) is 21.3 Å². The van der Waals surface area contributed by atoms with Crippen LogP contribution in [-0.4, -0.2) is 56.1 Å². The number of aromatic nitrogens is 1. The third-order valence-electron chi connectivity index (χ3n) is 6.40. The molecule has 1 saturated heterocycles. The van der Waals surface area contributed by atoms with Crippen LogP contribution in [0.4, 0.5) is 0 Å². The van der Waals surface area contributed by atoms with E-state index in [1.807, 2.05) is 36.6 Å². The van der Waals surface area contributed by atoms with E-state index in [2.05, 4.69) is 18.8 Å². The Hall–Kier alpha value is -2.53. The number of piperidine rings is 1. The molecule has 1 aromatic heterocycles. The molecule has 0 aliphatic carbocycles. The van der Waals surface area contributed by atoms with Crippen LogP contribution >= 0.6 is 11.3 Å². The van der Waals surface area contributed by atoms with Gasteiger partial charge in [0, 0.05) is 31.8 Å². The number of carbonyl (C=O) groups excluding carboxylic acids is 1. The molecule has 2 aromatic carbocycles. The third kappa shape index (κ3) is 6.14. The summed E-state index contributed by atoms with van der Waals surface area (Å²) in [6, 6.07) is 11.9. The highest BCUT2D eigenvalue weighted by Gasteiger charge is 2.31. The van der Waals surface area contributed by atoms with E-state index in [4.69, 9.17) is 9.47 Å². The van der Waals surface area contributed by atoms with Crippen molar-refractivity contribution in [3.63, 3.8) is 0 Å². The number of benzene rings is 2. The van der Waals surface area contributed by atoms with Gasteiger partial charge in [-0.1, -0.05) is 31.3 Å². The monoisotopic (exact) mass is 545 g/mol. The highest BCUT2D eigenvalue weighted by molar-refractivity contribution is 7.89. The van der Waals surface area contributed by atoms with Crippen LogP contribution < -0.4 is 9.54 Å². The Morgan fingerprint density at radius 2 is 1.76 bits per heavy atom. The first-order valence-electron chi connectivity index (χ1n) is 12.8. The van der Waals surface area contributed by atoms with E-state index in [1.54, 1.807) is 16.4 Å². The van der Waals surface area contributed by atoms with Crippen LogP contribution in [0.2, 0.25) is 0 Å². The summed E-state index contributed by atoms with van der Waals surface area (Å²) in [5.41, 5.74) is 1.21. The molecule has 2 unspecified atom stereocenters. The van der Waals surface area contributed by atoms with Gasteiger partial charge in [-0.3, -0.25) is 4.79 Å². The molecule has 1 fully saturated rings. The lowest BCUT2D eigenvalue weighted by atomic mass is 9.94. The van der Waals surface area contributed by atoms with Gasteiger partial charge in [-0.15, -0.1) is 0 Å². The molecule has 0 spiro atoms. The maximum absolute atomic E-state index is 13.2. The first-order valence-corrected chi connectivity index (χ1v) is 15.0. The Morgan fingerprint density at radius 1 is 1.05 bits per heavy atom. The summed E-state index contributed by atoms with van der Waals surface area (Å²) in [6.45, 7) is 11.2. The summed E-state index contributed by atoms with van der Waals surface area (Å²) < 4.78 is 42.3. The van der Waals surface area contributed by atoms with E-state index in [9.17, 15) is 13.2 Å². The molecule has 2 heterocycles. The molecule has 0 saturated carbocycles. The molecule has 0 N–H and O–H groups in total. The zero-order valence-electron chi connectivity index (χ0n) is 21.8. The Balaban J connectivity index is 1.65. The molecular formula is C27H35N3O5S2. The lowest BCUT2D eigenvalue weighted by Gasteiger charge is -2.34. The smallest absolute Gasteiger partial charge is 0.279 e. The van der Waals surface area contributed by atoms with Gasteiger partial charge in [0.25, 0.3) is 5.91 Å². The summed E-state index contributed by atoms with van der Waals surface area (Å²) in [5, 5.41) is 0. The molecule has 1 aliphatic rings. The number of thiazole rings is 1. The van der Waals surface area contributed by atoms with Crippen LogP contribution in [0.15, 0.2) is 52.4 Å². The molecule has 2 atom stereocenters. The molecule has 3 aromatic rings. The molecule has 37 heavy (non-hydrogen) atoms. The van der Waals surface area contributed by atoms with Crippen molar-refractivity contribution in [3.8, 4) is 5.75 Å². The van der Waals surface area contributed by atoms with E-state index in [-0.39, 0.29) is 4.90 Å². The zero-order chi connectivity index (χ0) is 26.6. The fourth-order valence-corrected chi connectivity index (χ4v) is 7.59. The second-order valence-electron chi connectivity index (χ2n) is 9.48. The van der Waals surface area contributed by atoms with Crippen molar-refractivity contribution < 1.29 is 22.7 Å². The van der Waals surface area contributed by atoms with Gasteiger partial charge in [0.2, 0.25) is 10.0 Å². The minimum absolute atomic E-state index is 0.195. The number of rotatable bonds is 9. The second-order valence-corrected chi connectivity index (χ2v) is 12.4. The van der Waals surface area contributed by atoms with Crippen molar-refractivity contribution >= 4 is 37.5 Å². The summed E-state index contributed by atoms with van der Waals surface area (Å²) in [7, 11) is -3.61. The van der Waals surface area contributed by atoms with E-state index in [0.717, 1.165) is 22.4 Å². The van der Waals surface area contributed by atoms with Gasteiger partial charge in [-0.05, 0) is 68.5 Å². The normalized spacial score (nSPS) is 19.4. The number of fused-ring (bicyclic) bond motifs is 1. The highest BCUT2D eigenvalue weighted by atomic mass is 32.2. The SMILES string of the molecule is CCOCCn1c(=NC(=O)c2ccc(S(=O)(=O)N3CC(C)CC(C)C3)cc2)sc2cccc(OCC)c21. The summed E-state index contributed by atoms with van der Waals surface area (Å²) in [5.74, 6) is 0.936. The maximum Gasteiger partial charge on any atom is 0.279 e. The number of ether oxygens (including phenoxy) is 2. The van der Waals surface area contributed by atoms with Crippen molar-refractivity contribution in [1.29, 1.82) is 0 Å². The van der Waals surface area contributed by atoms with Gasteiger partial charge < -0.3 is 14.0 Å². The van der Waals surface area contributed by atoms with E-state index >= 15 is 0 Å². The molecule has 1 aliphatic heterocycles. The average Bonchev–Trinajstić information content (AvgIpc) is 3.21. The third-order valence-corrected chi connectivity index (χ3v) is 9.29. The number of nitrogens with zero attached hydrogens (tertiary/aromatic N) is 3. The summed E-state index contributed by atoms with van der Waals surface area (Å²) in [4.78, 5) is 18.3. The zero-order valence-corrected chi connectivity index (χ0v) is 23.5. The number of carbonyl (C=O) groups is 1. The van der Waals surface area contributed by atoms with E-state index in [1.165, 1.54) is 23.5 Å². The van der Waals surface area contributed by atoms with Crippen molar-refractivity contribution in [2.45, 2.75) is 45.6 Å². The first-order chi connectivity index (χ1) is 17.7. The minimum Gasteiger partial charge on any atom is -0.492 e. The van der Waals surface area contributed by atoms with Gasteiger partial charge in [-0.25, -0.2) is 8.42 Å². The molecule has 8 nitrogen and oxygen atoms in total. The van der Waals surface area contributed by atoms with E-state index < -0.39 is 15.9 Å². The van der Waals surface area contributed by atoms with E-state index in [0.29, 0.717) is 61.7 Å². The molecule has 10 heteroatoms. The van der Waals surface area contributed by atoms with Crippen LogP contribution in [0.1, 0.15) is 44.5 Å². The van der Waals surface area contributed by atoms with Crippen molar-refractivity contribution in [2.75, 3.05) is 32.9 Å². The second kappa shape index (κ2) is 11.9. The maximum atomic E-state index is 13.2. The fourth-order valence-electron chi connectivity index (χ4n) is 4.83. The van der Waals surface area contributed by atoms with Crippen LogP contribution in [0.3, 0.4) is 0 Å². The number of hydrogen-bond acceptors (Lipinski definition) is 6. The van der Waals surface area contributed by atoms with Crippen molar-refractivity contribution in [3.05, 3.63) is 52.8 Å². The van der Waals surface area contributed by atoms with Crippen LogP contribution in [0.5, 0.6) is 5.75 Å². The summed E-state index contributed by atoms with van der Waals surface area (Å²) in [6.07, 6.45) is 1.02. The van der Waals surface area contributed by atoms with Gasteiger partial charge in [-0.2, -0.15) is 9.30 Å². The number of amides is 1. The largest absolute Gasteiger partial charge is 0.492 e. The molecule has 1 amide bonds. The fraction of sp³-hybridized carbons (Fsp3) is 0.481. The standard InChI is InChI=1S/C27H35N3O5S2/c1-5-34-15-14-30-25-23(35-6-2)8-7-9-24(25)36-27(30)28-26(31)21-10-12-22(13-11-21)37(32,33)29-17-19(3)16-20(4)18-29/h7-13,19-20H,5-6,14-18H2,1-4H3. The number of sulfonamides is 1. The van der Waals surface area contributed by atoms with Crippen LogP contribution in [0.25, 0.3) is 10.2 Å². The lowest BCUT2D eigenvalue weighted by Crippen LogP contribution is -2.42. The minimum atomic E-state index is -3.61. The predicted octanol–water partition coefficient (Wildman–Crippen LogP) is 4.55. The van der Waals surface area contributed by atoms with Gasteiger partial charge >= 0.3 is 0 Å². The van der Waals surface area contributed by atoms with Crippen molar-refractivity contribution in [2.24, 2.45) is 16.8 Å². The van der Waals surface area contributed by atoms with Crippen LogP contribution in [0, 0.1) is 11.8 Å². The highest BCUT2D eigenvalue weighted by Crippen LogP contribution is 2.28. The average molecular weight is 546 g/mol. The molecule has 0 bridgehead atoms. The number of para-hydroxylation sites is 1. The molecule has 0 radical (unpaired) electrons. The first kappa shape index (κ1) is 27.5. The quantitative estimate of drug-likeness (QED) is 0.368. The van der Waals surface area contributed by atoms with Gasteiger partial charge in [0.1, 0.15) is 11.3 Å². The lowest BCUT2D eigenvalue weighted by molar-refractivity contribution is 0.0996. The molecular weight excluding hydrogens is 510 g/mol. The molecule has 200 valence electrons. The van der Waals surface area contributed by atoms with Gasteiger partial charge in [0.15, 0.2) is 4.80 Å². The Morgan fingerprint density at radius 3 is 2.41 bits per heavy atom. The number of hydrogen-bond donors (Lipinski definition) is 0. The Labute approximate surface area is 222 Å². The predicted molar refractivity (Wildman–Crippen MR) is 146 cm³/mol. The Kier molecular flexibility index (Phi) is 8.84. The Bertz CT molecular complexity index is 1400.